The molecule has 3 atom stereocenters. The van der Waals surface area contributed by atoms with Gasteiger partial charge in [0.2, 0.25) is 5.91 Å². The Kier molecular flexibility index (Phi) is 3.89. The molecule has 0 radical (unpaired) electrons. The van der Waals surface area contributed by atoms with Gasteiger partial charge in [0.25, 0.3) is 0 Å². The summed E-state index contributed by atoms with van der Waals surface area (Å²) < 4.78 is 0. The number of nitrogens with zero attached hydrogens (tertiary/aromatic N) is 1. The number of fused-ring (bicyclic) bond motifs is 1. The molecule has 2 saturated heterocycles. The van der Waals surface area contributed by atoms with E-state index in [0.717, 1.165) is 0 Å². The molecule has 7 heteroatoms. The van der Waals surface area contributed by atoms with Gasteiger partial charge in [-0.2, -0.15) is 0 Å². The summed E-state index contributed by atoms with van der Waals surface area (Å²) in [7, 11) is 0. The molecule has 0 aromatic carbocycles. The zero-order valence-electron chi connectivity index (χ0n) is 8.30. The number of nitrogens with two attached hydrogens (primary N) is 1. The van der Waals surface area contributed by atoms with Gasteiger partial charge in [-0.05, 0) is 5.57 Å². The molecule has 2 fully saturated rings. The summed E-state index contributed by atoms with van der Waals surface area (Å²) in [6, 6.07) is -1.57. The first-order chi connectivity index (χ1) is 6.54. The number of aliphatic carboxylic acids is 1. The fourth-order valence-electron chi connectivity index (χ4n) is 1.72. The third-order valence-corrected chi connectivity index (χ3v) is 3.85. The first-order valence-electron chi connectivity index (χ1n) is 4.12. The number of carboxylic acid groups (broad SMARTS) is 1. The van der Waals surface area contributed by atoms with E-state index in [1.807, 2.05) is 0 Å². The van der Waals surface area contributed by atoms with E-state index in [9.17, 15) is 14.7 Å². The minimum Gasteiger partial charge on any atom is -0.548 e. The molecule has 2 unspecified atom stereocenters. The van der Waals surface area contributed by atoms with Crippen molar-refractivity contribution in [3.8, 4) is 0 Å². The Morgan fingerprint density at radius 2 is 2.27 bits per heavy atom. The van der Waals surface area contributed by atoms with Crippen molar-refractivity contribution in [3.63, 3.8) is 0 Å². The second-order valence-electron chi connectivity index (χ2n) is 3.35. The van der Waals surface area contributed by atoms with E-state index in [-0.39, 0.29) is 40.8 Å². The maximum Gasteiger partial charge on any atom is 1.00 e. The van der Waals surface area contributed by atoms with Gasteiger partial charge in [0.05, 0.1) is 12.0 Å². The number of β-lactam (4-membered cyclic amide) rings is 1. The second-order valence-corrected chi connectivity index (χ2v) is 4.46. The SMILES string of the molecule is C=C1CS[C@@H]2C(N)C(=O)N2C1C(=O)[O-].[Na+]. The van der Waals surface area contributed by atoms with E-state index in [1.165, 1.54) is 16.7 Å². The Morgan fingerprint density at radius 3 is 2.80 bits per heavy atom. The molecule has 76 valence electrons. The summed E-state index contributed by atoms with van der Waals surface area (Å²) in [5.74, 6) is -1.10. The van der Waals surface area contributed by atoms with Crippen LogP contribution in [-0.2, 0) is 9.59 Å². The Hall–Kier alpha value is -0.0100. The fourth-order valence-corrected chi connectivity index (χ4v) is 2.97. The van der Waals surface area contributed by atoms with Gasteiger partial charge in [-0.15, -0.1) is 11.8 Å². The zero-order chi connectivity index (χ0) is 10.5. The average molecular weight is 236 g/mol. The number of amides is 1. The molecule has 0 aromatic rings. The van der Waals surface area contributed by atoms with Crippen molar-refractivity contribution in [1.29, 1.82) is 0 Å². The van der Waals surface area contributed by atoms with Crippen molar-refractivity contribution < 1.29 is 44.3 Å². The molecule has 2 aliphatic rings. The summed E-state index contributed by atoms with van der Waals surface area (Å²) in [5, 5.41) is 10.6. The van der Waals surface area contributed by atoms with Crippen LogP contribution in [-0.4, -0.2) is 40.0 Å². The number of carbonyl (C=O) groups excluding carboxylic acids is 2. The van der Waals surface area contributed by atoms with Crippen molar-refractivity contribution in [2.24, 2.45) is 5.73 Å². The summed E-state index contributed by atoms with van der Waals surface area (Å²) in [6.45, 7) is 3.62. The van der Waals surface area contributed by atoms with E-state index < -0.39 is 18.1 Å². The molecule has 0 aromatic heterocycles. The van der Waals surface area contributed by atoms with Gasteiger partial charge in [-0.1, -0.05) is 6.58 Å². The Balaban J connectivity index is 0.00000112. The van der Waals surface area contributed by atoms with Crippen molar-refractivity contribution >= 4 is 23.6 Å². The number of hydrogen-bond donors (Lipinski definition) is 1. The average Bonchev–Trinajstić information content (AvgIpc) is 2.15. The van der Waals surface area contributed by atoms with Gasteiger partial charge in [-0.25, -0.2) is 0 Å². The molecule has 15 heavy (non-hydrogen) atoms. The van der Waals surface area contributed by atoms with Crippen LogP contribution in [0.2, 0.25) is 0 Å². The smallest absolute Gasteiger partial charge is 0.548 e. The number of carbonyl (C=O) groups is 2. The van der Waals surface area contributed by atoms with Crippen LogP contribution in [0.1, 0.15) is 0 Å². The van der Waals surface area contributed by atoms with Gasteiger partial charge >= 0.3 is 29.6 Å². The fraction of sp³-hybridized carbons (Fsp3) is 0.500. The van der Waals surface area contributed by atoms with Crippen LogP contribution in [0.4, 0.5) is 0 Å². The maximum atomic E-state index is 11.3. The summed E-state index contributed by atoms with van der Waals surface area (Å²) >= 11 is 1.44. The first kappa shape index (κ1) is 13.1. The van der Waals surface area contributed by atoms with Crippen molar-refractivity contribution in [2.75, 3.05) is 5.75 Å². The molecule has 2 heterocycles. The van der Waals surface area contributed by atoms with Gasteiger partial charge in [0.1, 0.15) is 11.4 Å². The molecule has 0 bridgehead atoms. The normalized spacial score (nSPS) is 33.9. The quantitative estimate of drug-likeness (QED) is 0.280. The number of thioether (sulfide) groups is 1. The van der Waals surface area contributed by atoms with Crippen LogP contribution in [0.25, 0.3) is 0 Å². The van der Waals surface area contributed by atoms with Crippen molar-refractivity contribution in [3.05, 3.63) is 12.2 Å². The topological polar surface area (TPSA) is 86.5 Å². The standard InChI is InChI=1S/C8H10N2O3S.Na/c1-3-2-14-7-4(9)6(11)10(7)5(3)8(12)13;/h4-5,7H,1-2,9H2,(H,12,13);/q;+1/p-1/t4?,5?,7-;/m1./s1. The Bertz CT molecular complexity index is 336. The third kappa shape index (κ3) is 1.85. The van der Waals surface area contributed by atoms with E-state index in [4.69, 9.17) is 5.73 Å². The molecule has 1 amide bonds. The molecule has 0 saturated carbocycles. The Morgan fingerprint density at radius 1 is 1.67 bits per heavy atom. The van der Waals surface area contributed by atoms with E-state index in [0.29, 0.717) is 11.3 Å². The number of rotatable bonds is 1. The van der Waals surface area contributed by atoms with E-state index in [2.05, 4.69) is 6.58 Å². The summed E-state index contributed by atoms with van der Waals surface area (Å²) in [6.07, 6.45) is 0. The molecule has 5 nitrogen and oxygen atoms in total. The molecular formula is C8H9N2NaO3S. The monoisotopic (exact) mass is 236 g/mol. The number of hydrogen-bond acceptors (Lipinski definition) is 5. The molecule has 0 spiro atoms. The third-order valence-electron chi connectivity index (χ3n) is 2.45. The summed E-state index contributed by atoms with van der Waals surface area (Å²) in [4.78, 5) is 23.3. The molecule has 2 rings (SSSR count). The minimum atomic E-state index is -1.28. The van der Waals surface area contributed by atoms with Crippen LogP contribution in [0.3, 0.4) is 0 Å². The zero-order valence-corrected chi connectivity index (χ0v) is 11.1. The van der Waals surface area contributed by atoms with E-state index in [1.54, 1.807) is 0 Å². The van der Waals surface area contributed by atoms with Gasteiger partial charge in [0, 0.05) is 5.75 Å². The molecular weight excluding hydrogens is 227 g/mol. The van der Waals surface area contributed by atoms with Crippen LogP contribution >= 0.6 is 11.8 Å². The van der Waals surface area contributed by atoms with Crippen molar-refractivity contribution in [1.82, 2.24) is 4.90 Å². The summed E-state index contributed by atoms with van der Waals surface area (Å²) in [5.41, 5.74) is 6.02. The van der Waals surface area contributed by atoms with Crippen molar-refractivity contribution in [2.45, 2.75) is 17.5 Å². The van der Waals surface area contributed by atoms with Crippen LogP contribution in [0, 0.1) is 0 Å². The van der Waals surface area contributed by atoms with Gasteiger partial charge in [-0.3, -0.25) is 4.79 Å². The predicted molar refractivity (Wildman–Crippen MR) is 49.0 cm³/mol. The van der Waals surface area contributed by atoms with Crippen LogP contribution < -0.4 is 40.4 Å². The maximum absolute atomic E-state index is 11.3. The van der Waals surface area contributed by atoms with Crippen LogP contribution in [0.15, 0.2) is 12.2 Å². The molecule has 0 aliphatic carbocycles. The molecule has 2 aliphatic heterocycles. The number of carboxylic acids is 1. The minimum absolute atomic E-state index is 0. The largest absolute Gasteiger partial charge is 1.00 e. The van der Waals surface area contributed by atoms with Gasteiger partial charge < -0.3 is 20.5 Å². The Labute approximate surface area is 113 Å². The second kappa shape index (κ2) is 4.47. The molecule has 2 N–H and O–H groups in total. The van der Waals surface area contributed by atoms with Crippen LogP contribution in [0.5, 0.6) is 0 Å². The van der Waals surface area contributed by atoms with E-state index >= 15 is 0 Å². The van der Waals surface area contributed by atoms with Gasteiger partial charge in [0.15, 0.2) is 0 Å². The predicted octanol–water partition coefficient (Wildman–Crippen LogP) is -5.09. The first-order valence-corrected chi connectivity index (χ1v) is 5.17.